The maximum atomic E-state index is 11.8. The Hall–Kier alpha value is -2.41. The number of aryl methyl sites for hydroxylation is 1. The average Bonchev–Trinajstić information content (AvgIpc) is 2.94. The molecule has 1 heterocycles. The quantitative estimate of drug-likeness (QED) is 0.857. The summed E-state index contributed by atoms with van der Waals surface area (Å²) in [7, 11) is 1.29. The molecular weight excluding hydrogens is 292 g/mol. The second-order valence-electron chi connectivity index (χ2n) is 4.12. The van der Waals surface area contributed by atoms with Crippen LogP contribution in [0.5, 0.6) is 5.75 Å². The summed E-state index contributed by atoms with van der Waals surface area (Å²) in [6, 6.07) is 7.42. The van der Waals surface area contributed by atoms with Crippen molar-refractivity contribution in [2.45, 2.75) is 6.92 Å². The molecule has 1 amide bonds. The monoisotopic (exact) mass is 306 g/mol. The molecule has 110 valence electrons. The number of esters is 1. The third-order valence-electron chi connectivity index (χ3n) is 2.59. The SMILES string of the molecule is COC(=O)c1cnc(NC(=O)COc2ccccc2C)s1. The zero-order chi connectivity index (χ0) is 15.2. The number of anilines is 1. The molecule has 2 rings (SSSR count). The van der Waals surface area contributed by atoms with E-state index in [2.05, 4.69) is 15.0 Å². The van der Waals surface area contributed by atoms with Crippen LogP contribution >= 0.6 is 11.3 Å². The number of aromatic nitrogens is 1. The Bertz CT molecular complexity index is 654. The maximum absolute atomic E-state index is 11.8. The van der Waals surface area contributed by atoms with Gasteiger partial charge in [0.15, 0.2) is 11.7 Å². The second kappa shape index (κ2) is 6.85. The molecule has 0 radical (unpaired) electrons. The Kier molecular flexibility index (Phi) is 4.89. The zero-order valence-corrected chi connectivity index (χ0v) is 12.4. The Morgan fingerprint density at radius 2 is 2.10 bits per heavy atom. The van der Waals surface area contributed by atoms with Crippen LogP contribution in [0.4, 0.5) is 5.13 Å². The standard InChI is InChI=1S/C14H14N2O4S/c1-9-5-3-4-6-10(9)20-8-12(17)16-14-15-7-11(21-14)13(18)19-2/h3-7H,8H2,1-2H3,(H,15,16,17). The number of methoxy groups -OCH3 is 1. The summed E-state index contributed by atoms with van der Waals surface area (Å²) in [5, 5.41) is 2.89. The Balaban J connectivity index is 1.89. The molecule has 0 fully saturated rings. The van der Waals surface area contributed by atoms with Gasteiger partial charge >= 0.3 is 5.97 Å². The lowest BCUT2D eigenvalue weighted by atomic mass is 10.2. The van der Waals surface area contributed by atoms with Crippen molar-refractivity contribution < 1.29 is 19.1 Å². The van der Waals surface area contributed by atoms with Gasteiger partial charge in [0.05, 0.1) is 13.3 Å². The van der Waals surface area contributed by atoms with Crippen LogP contribution in [0.3, 0.4) is 0 Å². The number of nitrogens with one attached hydrogen (secondary N) is 1. The third kappa shape index (κ3) is 4.03. The second-order valence-corrected chi connectivity index (χ2v) is 5.15. The number of carbonyl (C=O) groups excluding carboxylic acids is 2. The molecule has 6 nitrogen and oxygen atoms in total. The van der Waals surface area contributed by atoms with Crippen LogP contribution in [-0.4, -0.2) is 30.6 Å². The van der Waals surface area contributed by atoms with Gasteiger partial charge in [0, 0.05) is 0 Å². The number of para-hydroxylation sites is 1. The van der Waals surface area contributed by atoms with E-state index in [0.29, 0.717) is 15.8 Å². The molecule has 0 saturated heterocycles. The van der Waals surface area contributed by atoms with Crippen molar-refractivity contribution in [3.8, 4) is 5.75 Å². The van der Waals surface area contributed by atoms with Gasteiger partial charge in [-0.05, 0) is 18.6 Å². The van der Waals surface area contributed by atoms with Gasteiger partial charge in [0.1, 0.15) is 10.6 Å². The molecule has 0 aliphatic carbocycles. The summed E-state index contributed by atoms with van der Waals surface area (Å²) in [5.41, 5.74) is 0.951. The van der Waals surface area contributed by atoms with Crippen LogP contribution in [0, 0.1) is 6.92 Å². The van der Waals surface area contributed by atoms with Gasteiger partial charge in [-0.15, -0.1) is 0 Å². The van der Waals surface area contributed by atoms with E-state index in [1.165, 1.54) is 13.3 Å². The van der Waals surface area contributed by atoms with E-state index in [-0.39, 0.29) is 12.5 Å². The first kappa shape index (κ1) is 15.0. The van der Waals surface area contributed by atoms with E-state index in [1.54, 1.807) is 6.07 Å². The predicted octanol–water partition coefficient (Wildman–Crippen LogP) is 2.26. The number of rotatable bonds is 5. The molecule has 1 N–H and O–H groups in total. The van der Waals surface area contributed by atoms with Crippen molar-refractivity contribution in [2.24, 2.45) is 0 Å². The number of hydrogen-bond acceptors (Lipinski definition) is 6. The van der Waals surface area contributed by atoms with E-state index in [4.69, 9.17) is 4.74 Å². The Morgan fingerprint density at radius 1 is 1.33 bits per heavy atom. The Morgan fingerprint density at radius 3 is 2.81 bits per heavy atom. The van der Waals surface area contributed by atoms with Crippen LogP contribution in [0.2, 0.25) is 0 Å². The number of nitrogens with zero attached hydrogens (tertiary/aromatic N) is 1. The first-order valence-electron chi connectivity index (χ1n) is 6.12. The highest BCUT2D eigenvalue weighted by molar-refractivity contribution is 7.17. The lowest BCUT2D eigenvalue weighted by Crippen LogP contribution is -2.20. The summed E-state index contributed by atoms with van der Waals surface area (Å²) in [6.07, 6.45) is 1.36. The fourth-order valence-electron chi connectivity index (χ4n) is 1.54. The normalized spacial score (nSPS) is 10.0. The highest BCUT2D eigenvalue weighted by Crippen LogP contribution is 2.19. The van der Waals surface area contributed by atoms with Crippen LogP contribution in [0.1, 0.15) is 15.2 Å². The largest absolute Gasteiger partial charge is 0.483 e. The van der Waals surface area contributed by atoms with Crippen molar-refractivity contribution in [1.82, 2.24) is 4.98 Å². The summed E-state index contributed by atoms with van der Waals surface area (Å²) >= 11 is 1.05. The number of carbonyl (C=O) groups is 2. The van der Waals surface area contributed by atoms with Crippen LogP contribution in [0.15, 0.2) is 30.5 Å². The van der Waals surface area contributed by atoms with Crippen molar-refractivity contribution >= 4 is 28.3 Å². The van der Waals surface area contributed by atoms with Crippen molar-refractivity contribution in [1.29, 1.82) is 0 Å². The first-order chi connectivity index (χ1) is 10.1. The number of benzene rings is 1. The van der Waals surface area contributed by atoms with E-state index in [1.807, 2.05) is 25.1 Å². The number of amides is 1. The first-order valence-corrected chi connectivity index (χ1v) is 6.94. The topological polar surface area (TPSA) is 77.5 Å². The van der Waals surface area contributed by atoms with Gasteiger partial charge in [-0.3, -0.25) is 10.1 Å². The van der Waals surface area contributed by atoms with Crippen molar-refractivity contribution in [2.75, 3.05) is 19.0 Å². The molecule has 0 atom stereocenters. The molecule has 0 unspecified atom stereocenters. The molecule has 7 heteroatoms. The van der Waals surface area contributed by atoms with Gasteiger partial charge in [-0.1, -0.05) is 29.5 Å². The average molecular weight is 306 g/mol. The van der Waals surface area contributed by atoms with E-state index in [9.17, 15) is 9.59 Å². The van der Waals surface area contributed by atoms with Gasteiger partial charge in [-0.25, -0.2) is 9.78 Å². The smallest absolute Gasteiger partial charge is 0.349 e. The lowest BCUT2D eigenvalue weighted by Gasteiger charge is -2.07. The van der Waals surface area contributed by atoms with E-state index >= 15 is 0 Å². The number of ether oxygens (including phenoxy) is 2. The van der Waals surface area contributed by atoms with Gasteiger partial charge in [-0.2, -0.15) is 0 Å². The molecule has 1 aromatic heterocycles. The maximum Gasteiger partial charge on any atom is 0.349 e. The molecule has 21 heavy (non-hydrogen) atoms. The predicted molar refractivity (Wildman–Crippen MR) is 78.8 cm³/mol. The summed E-state index contributed by atoms with van der Waals surface area (Å²) in [5.74, 6) is -0.171. The minimum atomic E-state index is -0.482. The van der Waals surface area contributed by atoms with E-state index < -0.39 is 5.97 Å². The van der Waals surface area contributed by atoms with Crippen molar-refractivity contribution in [3.05, 3.63) is 40.9 Å². The molecule has 2 aromatic rings. The zero-order valence-electron chi connectivity index (χ0n) is 11.6. The summed E-state index contributed by atoms with van der Waals surface area (Å²) in [4.78, 5) is 27.3. The number of hydrogen-bond donors (Lipinski definition) is 1. The summed E-state index contributed by atoms with van der Waals surface area (Å²) < 4.78 is 9.99. The van der Waals surface area contributed by atoms with Crippen molar-refractivity contribution in [3.63, 3.8) is 0 Å². The molecule has 1 aromatic carbocycles. The van der Waals surface area contributed by atoms with Crippen LogP contribution in [0.25, 0.3) is 0 Å². The molecule has 0 aliphatic heterocycles. The molecule has 0 saturated carbocycles. The lowest BCUT2D eigenvalue weighted by molar-refractivity contribution is -0.118. The third-order valence-corrected chi connectivity index (χ3v) is 3.48. The minimum absolute atomic E-state index is 0.127. The number of thiazole rings is 1. The molecule has 0 aliphatic rings. The van der Waals surface area contributed by atoms with Gasteiger partial charge in [0.25, 0.3) is 5.91 Å². The minimum Gasteiger partial charge on any atom is -0.483 e. The van der Waals surface area contributed by atoms with Gasteiger partial charge < -0.3 is 9.47 Å². The molecule has 0 spiro atoms. The molecule has 0 bridgehead atoms. The highest BCUT2D eigenvalue weighted by Gasteiger charge is 2.12. The fraction of sp³-hybridized carbons (Fsp3) is 0.214. The van der Waals surface area contributed by atoms with E-state index in [0.717, 1.165) is 16.9 Å². The molecular formula is C14H14N2O4S. The van der Waals surface area contributed by atoms with Crippen LogP contribution in [-0.2, 0) is 9.53 Å². The summed E-state index contributed by atoms with van der Waals surface area (Å²) in [6.45, 7) is 1.77. The Labute approximate surface area is 125 Å². The van der Waals surface area contributed by atoms with Crippen LogP contribution < -0.4 is 10.1 Å². The fourth-order valence-corrected chi connectivity index (χ4v) is 2.29. The van der Waals surface area contributed by atoms with Gasteiger partial charge in [0.2, 0.25) is 0 Å². The highest BCUT2D eigenvalue weighted by atomic mass is 32.1.